The van der Waals surface area contributed by atoms with Crippen molar-refractivity contribution in [3.63, 3.8) is 0 Å². The quantitative estimate of drug-likeness (QED) is 0.725. The summed E-state index contributed by atoms with van der Waals surface area (Å²) in [6.45, 7) is 1.71. The molecule has 2 heterocycles. The molecule has 2 atom stereocenters. The van der Waals surface area contributed by atoms with Crippen molar-refractivity contribution in [2.45, 2.75) is 24.9 Å². The summed E-state index contributed by atoms with van der Waals surface area (Å²) in [4.78, 5) is 26.3. The lowest BCUT2D eigenvalue weighted by molar-refractivity contribution is -0.147. The standard InChI is InChI=1S/C25H27FN4O3/c1-30-9-7-18-11-16(5-6-21(18)23(30)31)17-3-4-19(22(26)13-17)12-20(14-27)25(24(28)32)15-29-8-2-10-33-25/h3-6,11,13,20,29H,2,7-10,12,15H2,1H3,(H2,28,32)/t20-,25?/m0/s1. The number of primary amides is 1. The smallest absolute Gasteiger partial charge is 0.253 e. The van der Waals surface area contributed by atoms with Crippen molar-refractivity contribution in [2.24, 2.45) is 11.7 Å². The number of nitrogens with one attached hydrogen (secondary N) is 1. The fraction of sp³-hybridized carbons (Fsp3) is 0.400. The summed E-state index contributed by atoms with van der Waals surface area (Å²) in [6.07, 6.45) is 1.44. The molecule has 0 aromatic heterocycles. The van der Waals surface area contributed by atoms with Crippen LogP contribution < -0.4 is 11.1 Å². The Labute approximate surface area is 192 Å². The summed E-state index contributed by atoms with van der Waals surface area (Å²) in [7, 11) is 1.78. The molecule has 0 bridgehead atoms. The molecule has 2 aromatic carbocycles. The Kier molecular flexibility index (Phi) is 6.45. The normalized spacial score (nSPS) is 21.6. The molecule has 2 amide bonds. The minimum Gasteiger partial charge on any atom is -0.367 e. The van der Waals surface area contributed by atoms with Gasteiger partial charge in [-0.1, -0.05) is 24.3 Å². The lowest BCUT2D eigenvalue weighted by atomic mass is 9.82. The van der Waals surface area contributed by atoms with Gasteiger partial charge >= 0.3 is 0 Å². The summed E-state index contributed by atoms with van der Waals surface area (Å²) in [6, 6.07) is 12.5. The van der Waals surface area contributed by atoms with Crippen LogP contribution in [0.3, 0.4) is 0 Å². The van der Waals surface area contributed by atoms with Gasteiger partial charge in [0.1, 0.15) is 5.82 Å². The predicted octanol–water partition coefficient (Wildman–Crippen LogP) is 2.04. The van der Waals surface area contributed by atoms with Gasteiger partial charge in [-0.05, 0) is 60.2 Å². The Bertz CT molecular complexity index is 1120. The van der Waals surface area contributed by atoms with Crippen LogP contribution in [0.15, 0.2) is 36.4 Å². The Balaban J connectivity index is 1.59. The van der Waals surface area contributed by atoms with Crippen molar-refractivity contribution >= 4 is 11.8 Å². The number of fused-ring (bicyclic) bond motifs is 1. The molecule has 2 aromatic rings. The van der Waals surface area contributed by atoms with Crippen molar-refractivity contribution in [2.75, 3.05) is 33.3 Å². The number of hydrogen-bond acceptors (Lipinski definition) is 5. The van der Waals surface area contributed by atoms with Crippen molar-refractivity contribution in [1.29, 1.82) is 5.26 Å². The van der Waals surface area contributed by atoms with E-state index in [1.807, 2.05) is 12.1 Å². The van der Waals surface area contributed by atoms with E-state index in [4.69, 9.17) is 10.5 Å². The van der Waals surface area contributed by atoms with Crippen molar-refractivity contribution in [3.05, 3.63) is 58.9 Å². The first-order valence-corrected chi connectivity index (χ1v) is 11.1. The van der Waals surface area contributed by atoms with E-state index in [9.17, 15) is 14.9 Å². The van der Waals surface area contributed by atoms with Gasteiger partial charge in [-0.15, -0.1) is 0 Å². The zero-order chi connectivity index (χ0) is 23.6. The molecule has 3 N–H and O–H groups in total. The number of amides is 2. The topological polar surface area (TPSA) is 108 Å². The van der Waals surface area contributed by atoms with Gasteiger partial charge in [-0.25, -0.2) is 4.39 Å². The van der Waals surface area contributed by atoms with E-state index in [0.29, 0.717) is 42.8 Å². The first-order chi connectivity index (χ1) is 15.9. The van der Waals surface area contributed by atoms with Gasteiger partial charge in [-0.3, -0.25) is 9.59 Å². The summed E-state index contributed by atoms with van der Waals surface area (Å²) >= 11 is 0. The second kappa shape index (κ2) is 9.30. The molecular weight excluding hydrogens is 423 g/mol. The predicted molar refractivity (Wildman–Crippen MR) is 121 cm³/mol. The third-order valence-corrected chi connectivity index (χ3v) is 6.59. The third kappa shape index (κ3) is 4.34. The lowest BCUT2D eigenvalue weighted by Gasteiger charge is -2.33. The van der Waals surface area contributed by atoms with Gasteiger partial charge in [0.2, 0.25) is 0 Å². The summed E-state index contributed by atoms with van der Waals surface area (Å²) in [5.41, 5.74) is 7.57. The molecule has 7 nitrogen and oxygen atoms in total. The molecule has 1 unspecified atom stereocenters. The van der Waals surface area contributed by atoms with Gasteiger partial charge in [0.25, 0.3) is 11.8 Å². The monoisotopic (exact) mass is 450 g/mol. The zero-order valence-corrected chi connectivity index (χ0v) is 18.6. The Morgan fingerprint density at radius 2 is 2.09 bits per heavy atom. The second-order valence-electron chi connectivity index (χ2n) is 8.67. The molecule has 2 aliphatic heterocycles. The van der Waals surface area contributed by atoms with Gasteiger partial charge in [0, 0.05) is 32.3 Å². The molecule has 33 heavy (non-hydrogen) atoms. The van der Waals surface area contributed by atoms with Crippen LogP contribution >= 0.6 is 0 Å². The molecule has 2 aliphatic rings. The number of carbonyl (C=O) groups excluding carboxylic acids is 2. The molecule has 4 rings (SSSR count). The summed E-state index contributed by atoms with van der Waals surface area (Å²) in [5, 5.41) is 12.9. The van der Waals surface area contributed by atoms with E-state index in [2.05, 4.69) is 11.4 Å². The molecular formula is C25H27FN4O3. The number of nitrogens with zero attached hydrogens (tertiary/aromatic N) is 2. The maximum absolute atomic E-state index is 15.1. The first-order valence-electron chi connectivity index (χ1n) is 11.1. The number of benzene rings is 2. The maximum atomic E-state index is 15.1. The van der Waals surface area contributed by atoms with E-state index >= 15 is 4.39 Å². The molecule has 172 valence electrons. The second-order valence-corrected chi connectivity index (χ2v) is 8.67. The summed E-state index contributed by atoms with van der Waals surface area (Å²) in [5.74, 6) is -2.14. The van der Waals surface area contributed by atoms with Gasteiger partial charge < -0.3 is 20.7 Å². The molecule has 8 heteroatoms. The first kappa shape index (κ1) is 22.9. The number of nitriles is 1. The minimum atomic E-state index is -1.51. The van der Waals surface area contributed by atoms with Crippen LogP contribution in [0, 0.1) is 23.1 Å². The number of ether oxygens (including phenoxy) is 1. The van der Waals surface area contributed by atoms with E-state index in [1.54, 1.807) is 30.1 Å². The molecule has 1 saturated heterocycles. The van der Waals surface area contributed by atoms with Gasteiger partial charge in [-0.2, -0.15) is 5.26 Å². The number of rotatable bonds is 5. The lowest BCUT2D eigenvalue weighted by Crippen LogP contribution is -2.57. The number of halogens is 1. The number of hydrogen-bond donors (Lipinski definition) is 2. The number of nitrogens with two attached hydrogens (primary N) is 1. The van der Waals surface area contributed by atoms with Crippen LogP contribution in [-0.2, 0) is 22.4 Å². The highest BCUT2D eigenvalue weighted by Crippen LogP contribution is 2.31. The van der Waals surface area contributed by atoms with E-state index < -0.39 is 23.2 Å². The van der Waals surface area contributed by atoms with Crippen LogP contribution in [-0.4, -0.2) is 55.6 Å². The number of carbonyl (C=O) groups is 2. The molecule has 0 radical (unpaired) electrons. The largest absolute Gasteiger partial charge is 0.367 e. The average Bonchev–Trinajstić information content (AvgIpc) is 3.07. The Hall–Kier alpha value is -3.28. The minimum absolute atomic E-state index is 0.00173. The zero-order valence-electron chi connectivity index (χ0n) is 18.6. The molecule has 0 aliphatic carbocycles. The fourth-order valence-electron chi connectivity index (χ4n) is 4.54. The van der Waals surface area contributed by atoms with Crippen LogP contribution in [0.4, 0.5) is 4.39 Å². The Morgan fingerprint density at radius 1 is 1.33 bits per heavy atom. The van der Waals surface area contributed by atoms with Crippen molar-refractivity contribution < 1.29 is 18.7 Å². The average molecular weight is 451 g/mol. The van der Waals surface area contributed by atoms with Crippen LogP contribution in [0.1, 0.15) is 27.9 Å². The van der Waals surface area contributed by atoms with Crippen molar-refractivity contribution in [3.8, 4) is 17.2 Å². The van der Waals surface area contributed by atoms with Crippen LogP contribution in [0.5, 0.6) is 0 Å². The SMILES string of the molecule is CN1CCc2cc(-c3ccc(C[C@@H](C#N)C4(C(N)=O)CNCCCO4)c(F)c3)ccc2C1=O. The molecule has 1 fully saturated rings. The van der Waals surface area contributed by atoms with Crippen LogP contribution in [0.2, 0.25) is 0 Å². The van der Waals surface area contributed by atoms with Crippen molar-refractivity contribution in [1.82, 2.24) is 10.2 Å². The van der Waals surface area contributed by atoms with Gasteiger partial charge in [0.05, 0.1) is 12.0 Å². The molecule has 0 saturated carbocycles. The maximum Gasteiger partial charge on any atom is 0.253 e. The van der Waals surface area contributed by atoms with E-state index in [-0.39, 0.29) is 18.9 Å². The summed E-state index contributed by atoms with van der Waals surface area (Å²) < 4.78 is 20.9. The Morgan fingerprint density at radius 3 is 2.82 bits per heavy atom. The van der Waals surface area contributed by atoms with Crippen LogP contribution in [0.25, 0.3) is 11.1 Å². The number of likely N-dealkylation sites (N-methyl/N-ethyl adjacent to an activating group) is 1. The van der Waals surface area contributed by atoms with E-state index in [1.165, 1.54) is 6.07 Å². The third-order valence-electron chi connectivity index (χ3n) is 6.59. The highest BCUT2D eigenvalue weighted by atomic mass is 19.1. The van der Waals surface area contributed by atoms with E-state index in [0.717, 1.165) is 17.5 Å². The molecule has 0 spiro atoms. The fourth-order valence-corrected chi connectivity index (χ4v) is 4.54. The highest BCUT2D eigenvalue weighted by molar-refractivity contribution is 5.97. The van der Waals surface area contributed by atoms with Gasteiger partial charge in [0.15, 0.2) is 5.60 Å². The highest BCUT2D eigenvalue weighted by Gasteiger charge is 2.46.